The number of ether oxygens (including phenoxy) is 1. The van der Waals surface area contributed by atoms with Crippen molar-refractivity contribution >= 4 is 11.6 Å². The maximum absolute atomic E-state index is 12.9. The molecule has 1 unspecified atom stereocenters. The zero-order chi connectivity index (χ0) is 13.5. The molecular weight excluding hydrogens is 247 g/mol. The maximum Gasteiger partial charge on any atom is 0.396 e. The van der Waals surface area contributed by atoms with Crippen molar-refractivity contribution in [3.05, 3.63) is 23.8 Å². The number of nitrogens with zero attached hydrogens (tertiary/aromatic N) is 1. The van der Waals surface area contributed by atoms with E-state index in [0.717, 1.165) is 0 Å². The summed E-state index contributed by atoms with van der Waals surface area (Å²) >= 11 is 0. The van der Waals surface area contributed by atoms with E-state index in [-0.39, 0.29) is 11.3 Å². The fourth-order valence-corrected chi connectivity index (χ4v) is 2.08. The lowest BCUT2D eigenvalue weighted by Gasteiger charge is -2.32. The van der Waals surface area contributed by atoms with E-state index in [2.05, 4.69) is 0 Å². The minimum Gasteiger partial charge on any atom is -0.497 e. The number of rotatable bonds is 1. The molecule has 0 radical (unpaired) electrons. The van der Waals surface area contributed by atoms with Crippen LogP contribution in [0, 0.1) is 0 Å². The Bertz CT molecular complexity index is 485. The van der Waals surface area contributed by atoms with Gasteiger partial charge in [-0.3, -0.25) is 4.79 Å². The molecule has 1 aliphatic heterocycles. The van der Waals surface area contributed by atoms with E-state index < -0.39 is 24.4 Å². The van der Waals surface area contributed by atoms with Gasteiger partial charge in [-0.05, 0) is 11.6 Å². The summed E-state index contributed by atoms with van der Waals surface area (Å²) in [4.78, 5) is 12.8. The van der Waals surface area contributed by atoms with Crippen LogP contribution in [-0.2, 0) is 4.79 Å². The Kier molecular flexibility index (Phi) is 2.96. The monoisotopic (exact) mass is 259 g/mol. The van der Waals surface area contributed by atoms with Crippen molar-refractivity contribution in [2.45, 2.75) is 18.5 Å². The molecule has 1 amide bonds. The SMILES string of the molecule is COc1ccc2c(c1)N(C)C(=O)CC2C(F)(F)F. The molecule has 0 aromatic heterocycles. The van der Waals surface area contributed by atoms with Gasteiger partial charge in [-0.25, -0.2) is 0 Å². The van der Waals surface area contributed by atoms with E-state index in [1.807, 2.05) is 0 Å². The summed E-state index contributed by atoms with van der Waals surface area (Å²) in [5.74, 6) is -1.85. The first kappa shape index (κ1) is 12.7. The zero-order valence-corrected chi connectivity index (χ0v) is 9.91. The van der Waals surface area contributed by atoms with E-state index in [0.29, 0.717) is 5.75 Å². The third kappa shape index (κ3) is 2.02. The summed E-state index contributed by atoms with van der Waals surface area (Å²) in [5.41, 5.74) is 0.373. The van der Waals surface area contributed by atoms with Gasteiger partial charge in [-0.2, -0.15) is 13.2 Å². The van der Waals surface area contributed by atoms with E-state index >= 15 is 0 Å². The van der Waals surface area contributed by atoms with Crippen molar-refractivity contribution in [2.24, 2.45) is 0 Å². The molecule has 0 saturated carbocycles. The van der Waals surface area contributed by atoms with Crippen LogP contribution in [0.2, 0.25) is 0 Å². The van der Waals surface area contributed by atoms with Crippen molar-refractivity contribution in [2.75, 3.05) is 19.1 Å². The first-order chi connectivity index (χ1) is 8.34. The summed E-state index contributed by atoms with van der Waals surface area (Å²) in [6.45, 7) is 0. The molecule has 0 bridgehead atoms. The first-order valence-electron chi connectivity index (χ1n) is 5.36. The fourth-order valence-electron chi connectivity index (χ4n) is 2.08. The second-order valence-electron chi connectivity index (χ2n) is 4.18. The van der Waals surface area contributed by atoms with Gasteiger partial charge >= 0.3 is 6.18 Å². The van der Waals surface area contributed by atoms with Crippen LogP contribution in [0.1, 0.15) is 17.9 Å². The lowest BCUT2D eigenvalue weighted by Crippen LogP contribution is -2.37. The molecule has 18 heavy (non-hydrogen) atoms. The minimum atomic E-state index is -4.42. The number of halogens is 3. The number of amides is 1. The van der Waals surface area contributed by atoms with Crippen molar-refractivity contribution in [1.29, 1.82) is 0 Å². The summed E-state index contributed by atoms with van der Waals surface area (Å²) in [6, 6.07) is 4.29. The predicted molar refractivity (Wildman–Crippen MR) is 59.8 cm³/mol. The fraction of sp³-hybridized carbons (Fsp3) is 0.417. The van der Waals surface area contributed by atoms with Crippen LogP contribution in [0.15, 0.2) is 18.2 Å². The van der Waals surface area contributed by atoms with Gasteiger partial charge in [0.15, 0.2) is 0 Å². The molecule has 3 nitrogen and oxygen atoms in total. The summed E-state index contributed by atoms with van der Waals surface area (Å²) < 4.78 is 43.7. The van der Waals surface area contributed by atoms with Crippen LogP contribution in [0.3, 0.4) is 0 Å². The van der Waals surface area contributed by atoms with Crippen LogP contribution in [0.5, 0.6) is 5.75 Å². The molecule has 1 aromatic carbocycles. The smallest absolute Gasteiger partial charge is 0.396 e. The van der Waals surface area contributed by atoms with Crippen LogP contribution in [0.25, 0.3) is 0 Å². The van der Waals surface area contributed by atoms with Gasteiger partial charge in [-0.1, -0.05) is 6.07 Å². The van der Waals surface area contributed by atoms with Gasteiger partial charge in [0.05, 0.1) is 18.7 Å². The van der Waals surface area contributed by atoms with Crippen molar-refractivity contribution in [1.82, 2.24) is 0 Å². The second-order valence-corrected chi connectivity index (χ2v) is 4.18. The Hall–Kier alpha value is -1.72. The number of carbonyl (C=O) groups excluding carboxylic acids is 1. The number of alkyl halides is 3. The lowest BCUT2D eigenvalue weighted by atomic mass is 9.89. The molecule has 6 heteroatoms. The van der Waals surface area contributed by atoms with Gasteiger partial charge in [-0.15, -0.1) is 0 Å². The number of hydrogen-bond donors (Lipinski definition) is 0. The Labute approximate surface area is 102 Å². The maximum atomic E-state index is 12.9. The minimum absolute atomic E-state index is 0.116. The van der Waals surface area contributed by atoms with Crippen molar-refractivity contribution in [3.63, 3.8) is 0 Å². The molecule has 1 aliphatic rings. The number of fused-ring (bicyclic) bond motifs is 1. The second kappa shape index (κ2) is 4.19. The molecule has 0 N–H and O–H groups in total. The third-order valence-corrected chi connectivity index (χ3v) is 3.12. The van der Waals surface area contributed by atoms with Gasteiger partial charge < -0.3 is 9.64 Å². The molecule has 0 spiro atoms. The van der Waals surface area contributed by atoms with E-state index in [9.17, 15) is 18.0 Å². The predicted octanol–water partition coefficient (Wildman–Crippen LogP) is 2.71. The van der Waals surface area contributed by atoms with E-state index in [4.69, 9.17) is 4.74 Å². The van der Waals surface area contributed by atoms with Crippen molar-refractivity contribution in [3.8, 4) is 5.75 Å². The lowest BCUT2D eigenvalue weighted by molar-refractivity contribution is -0.157. The Balaban J connectivity index is 2.55. The molecule has 0 aliphatic carbocycles. The average Bonchev–Trinajstić information content (AvgIpc) is 2.31. The topological polar surface area (TPSA) is 29.5 Å². The molecule has 98 valence electrons. The van der Waals surface area contributed by atoms with Gasteiger partial charge in [0.25, 0.3) is 0 Å². The number of anilines is 1. The van der Waals surface area contributed by atoms with Gasteiger partial charge in [0.2, 0.25) is 5.91 Å². The summed E-state index contributed by atoms with van der Waals surface area (Å²) in [7, 11) is 2.89. The van der Waals surface area contributed by atoms with E-state index in [1.165, 1.54) is 37.3 Å². The van der Waals surface area contributed by atoms with Crippen LogP contribution < -0.4 is 9.64 Å². The van der Waals surface area contributed by atoms with Crippen LogP contribution >= 0.6 is 0 Å². The molecule has 0 fully saturated rings. The number of carbonyl (C=O) groups is 1. The highest BCUT2D eigenvalue weighted by Crippen LogP contribution is 2.45. The Morgan fingerprint density at radius 2 is 2.06 bits per heavy atom. The highest BCUT2D eigenvalue weighted by Gasteiger charge is 2.46. The molecule has 0 saturated heterocycles. The van der Waals surface area contributed by atoms with Gasteiger partial charge in [0.1, 0.15) is 5.75 Å². The molecular formula is C12H12F3NO2. The number of benzene rings is 1. The normalized spacial score (nSPS) is 19.7. The highest BCUT2D eigenvalue weighted by atomic mass is 19.4. The quantitative estimate of drug-likeness (QED) is 0.776. The third-order valence-electron chi connectivity index (χ3n) is 3.12. The Morgan fingerprint density at radius 1 is 1.39 bits per heavy atom. The average molecular weight is 259 g/mol. The molecule has 1 heterocycles. The zero-order valence-electron chi connectivity index (χ0n) is 9.91. The molecule has 1 atom stereocenters. The van der Waals surface area contributed by atoms with Crippen LogP contribution in [0.4, 0.5) is 18.9 Å². The summed E-state index contributed by atoms with van der Waals surface area (Å²) in [5, 5.41) is 0. The number of hydrogen-bond acceptors (Lipinski definition) is 2. The van der Waals surface area contributed by atoms with E-state index in [1.54, 1.807) is 0 Å². The van der Waals surface area contributed by atoms with Gasteiger partial charge in [0, 0.05) is 19.5 Å². The highest BCUT2D eigenvalue weighted by molar-refractivity contribution is 5.97. The molecule has 2 rings (SSSR count). The van der Waals surface area contributed by atoms with Crippen LogP contribution in [-0.4, -0.2) is 26.2 Å². The standard InChI is InChI=1S/C12H12F3NO2/c1-16-10-5-7(18-2)3-4-8(10)9(6-11(16)17)12(13,14)15/h3-5,9H,6H2,1-2H3. The largest absolute Gasteiger partial charge is 0.497 e. The number of methoxy groups -OCH3 is 1. The molecule has 1 aromatic rings. The Morgan fingerprint density at radius 3 is 2.61 bits per heavy atom. The van der Waals surface area contributed by atoms with Crippen molar-refractivity contribution < 1.29 is 22.7 Å². The first-order valence-corrected chi connectivity index (χ1v) is 5.36. The summed E-state index contributed by atoms with van der Waals surface area (Å²) in [6.07, 6.45) is -4.96.